The second kappa shape index (κ2) is 8.99. The monoisotopic (exact) mass is 355 g/mol. The second-order valence-electron chi connectivity index (χ2n) is 7.54. The molecule has 26 heavy (non-hydrogen) atoms. The van der Waals surface area contributed by atoms with Crippen LogP contribution in [0.15, 0.2) is 40.9 Å². The Hall–Kier alpha value is -2.14. The molecule has 0 saturated carbocycles. The summed E-state index contributed by atoms with van der Waals surface area (Å²) in [6.45, 7) is 8.52. The summed E-state index contributed by atoms with van der Waals surface area (Å²) in [5, 5.41) is 3.02. The number of carbonyl (C=O) groups excluding carboxylic acids is 1. The van der Waals surface area contributed by atoms with Gasteiger partial charge in [0.15, 0.2) is 11.7 Å². The van der Waals surface area contributed by atoms with Crippen LogP contribution in [0.5, 0.6) is 0 Å². The Kier molecular flexibility index (Phi) is 6.45. The normalized spacial score (nSPS) is 20.8. The van der Waals surface area contributed by atoms with Gasteiger partial charge in [-0.25, -0.2) is 4.98 Å². The Morgan fingerprint density at radius 2 is 1.96 bits per heavy atom. The topological polar surface area (TPSA) is 58.4 Å². The van der Waals surface area contributed by atoms with Crippen LogP contribution in [0.25, 0.3) is 11.3 Å². The molecular formula is C21H29N3O2. The first-order valence-electron chi connectivity index (χ1n) is 9.59. The van der Waals surface area contributed by atoms with Gasteiger partial charge in [-0.3, -0.25) is 4.79 Å². The van der Waals surface area contributed by atoms with Crippen LogP contribution in [0.2, 0.25) is 0 Å². The molecule has 2 unspecified atom stereocenters. The zero-order chi connectivity index (χ0) is 18.4. The maximum absolute atomic E-state index is 12.1. The predicted molar refractivity (Wildman–Crippen MR) is 103 cm³/mol. The number of hydrogen-bond donors (Lipinski definition) is 1. The van der Waals surface area contributed by atoms with Gasteiger partial charge >= 0.3 is 0 Å². The lowest BCUT2D eigenvalue weighted by molar-refractivity contribution is -0.121. The third kappa shape index (κ3) is 5.43. The van der Waals surface area contributed by atoms with Crippen LogP contribution in [0.1, 0.15) is 32.6 Å². The molecule has 1 aliphatic rings. The van der Waals surface area contributed by atoms with Gasteiger partial charge in [0, 0.05) is 44.6 Å². The fraction of sp³-hybridized carbons (Fsp3) is 0.524. The van der Waals surface area contributed by atoms with E-state index in [0.717, 1.165) is 42.8 Å². The van der Waals surface area contributed by atoms with E-state index in [1.165, 1.54) is 6.42 Å². The molecule has 3 rings (SSSR count). The molecule has 0 bridgehead atoms. The molecule has 1 aromatic heterocycles. The molecule has 0 radical (unpaired) electrons. The Balaban J connectivity index is 1.37. The lowest BCUT2D eigenvalue weighted by Gasteiger charge is -2.34. The van der Waals surface area contributed by atoms with Crippen molar-refractivity contribution >= 4 is 5.91 Å². The minimum absolute atomic E-state index is 0.0579. The molecule has 1 aliphatic heterocycles. The number of oxazole rings is 1. The third-order valence-electron chi connectivity index (χ3n) is 4.87. The van der Waals surface area contributed by atoms with E-state index in [2.05, 4.69) is 29.0 Å². The highest BCUT2D eigenvalue weighted by molar-refractivity contribution is 5.76. The number of likely N-dealkylation sites (tertiary alicyclic amines) is 1. The van der Waals surface area contributed by atoms with E-state index in [9.17, 15) is 4.79 Å². The van der Waals surface area contributed by atoms with Crippen molar-refractivity contribution in [3.8, 4) is 11.3 Å². The highest BCUT2D eigenvalue weighted by atomic mass is 16.4. The van der Waals surface area contributed by atoms with Crippen molar-refractivity contribution in [2.24, 2.45) is 11.8 Å². The van der Waals surface area contributed by atoms with Gasteiger partial charge in [-0.2, -0.15) is 0 Å². The number of nitrogens with zero attached hydrogens (tertiary/aromatic N) is 2. The highest BCUT2D eigenvalue weighted by Crippen LogP contribution is 2.21. The molecule has 0 aliphatic carbocycles. The molecule has 1 saturated heterocycles. The van der Waals surface area contributed by atoms with Crippen molar-refractivity contribution in [2.75, 3.05) is 26.2 Å². The average molecular weight is 355 g/mol. The van der Waals surface area contributed by atoms with Crippen LogP contribution in [0.4, 0.5) is 0 Å². The number of carbonyl (C=O) groups is 1. The molecule has 1 N–H and O–H groups in total. The van der Waals surface area contributed by atoms with Crippen molar-refractivity contribution in [1.29, 1.82) is 0 Å². The summed E-state index contributed by atoms with van der Waals surface area (Å²) in [5.41, 5.74) is 1.00. The molecule has 2 atom stereocenters. The number of amides is 1. The van der Waals surface area contributed by atoms with Crippen LogP contribution in [0, 0.1) is 11.8 Å². The summed E-state index contributed by atoms with van der Waals surface area (Å²) in [5.74, 6) is 2.91. The Bertz CT molecular complexity index is 688. The van der Waals surface area contributed by atoms with E-state index in [-0.39, 0.29) is 5.91 Å². The Morgan fingerprint density at radius 1 is 1.23 bits per heavy atom. The lowest BCUT2D eigenvalue weighted by atomic mass is 9.92. The fourth-order valence-corrected chi connectivity index (χ4v) is 3.80. The van der Waals surface area contributed by atoms with Gasteiger partial charge in [0.05, 0.1) is 6.20 Å². The van der Waals surface area contributed by atoms with Crippen LogP contribution >= 0.6 is 0 Å². The Morgan fingerprint density at radius 3 is 2.69 bits per heavy atom. The van der Waals surface area contributed by atoms with Crippen molar-refractivity contribution in [3.63, 3.8) is 0 Å². The molecule has 5 nitrogen and oxygen atoms in total. The minimum atomic E-state index is 0.0579. The van der Waals surface area contributed by atoms with E-state index in [0.29, 0.717) is 25.3 Å². The van der Waals surface area contributed by atoms with Gasteiger partial charge in [0.1, 0.15) is 0 Å². The van der Waals surface area contributed by atoms with Crippen molar-refractivity contribution < 1.29 is 9.21 Å². The van der Waals surface area contributed by atoms with E-state index in [1.54, 1.807) is 6.20 Å². The third-order valence-corrected chi connectivity index (χ3v) is 4.87. The second-order valence-corrected chi connectivity index (χ2v) is 7.54. The van der Waals surface area contributed by atoms with Gasteiger partial charge < -0.3 is 14.6 Å². The van der Waals surface area contributed by atoms with Crippen LogP contribution in [0.3, 0.4) is 0 Å². The zero-order valence-electron chi connectivity index (χ0n) is 15.8. The minimum Gasteiger partial charge on any atom is -0.441 e. The van der Waals surface area contributed by atoms with Crippen LogP contribution < -0.4 is 5.32 Å². The van der Waals surface area contributed by atoms with Crippen molar-refractivity contribution in [3.05, 3.63) is 42.4 Å². The lowest BCUT2D eigenvalue weighted by Crippen LogP contribution is -2.42. The summed E-state index contributed by atoms with van der Waals surface area (Å²) < 4.78 is 5.74. The van der Waals surface area contributed by atoms with Gasteiger partial charge in [0.2, 0.25) is 5.91 Å². The molecule has 1 fully saturated rings. The molecule has 0 spiro atoms. The summed E-state index contributed by atoms with van der Waals surface area (Å²) in [6.07, 6.45) is 3.96. The molecule has 1 amide bonds. The maximum atomic E-state index is 12.1. The van der Waals surface area contributed by atoms with Gasteiger partial charge in [-0.05, 0) is 18.3 Å². The standard InChI is InChI=1S/C21H29N3O2/c1-16-12-17(2)15-24(14-16)11-10-22-20(25)8-9-21-23-13-19(26-21)18-6-4-3-5-7-18/h3-7,13,16-17H,8-12,14-15H2,1-2H3,(H,22,25). The van der Waals surface area contributed by atoms with Crippen LogP contribution in [-0.2, 0) is 11.2 Å². The number of nitrogens with one attached hydrogen (secondary N) is 1. The maximum Gasteiger partial charge on any atom is 0.220 e. The SMILES string of the molecule is CC1CC(C)CN(CCNC(=O)CCc2ncc(-c3ccccc3)o2)C1. The van der Waals surface area contributed by atoms with Gasteiger partial charge in [-0.1, -0.05) is 44.2 Å². The smallest absolute Gasteiger partial charge is 0.220 e. The van der Waals surface area contributed by atoms with Gasteiger partial charge in [0.25, 0.3) is 0 Å². The molecule has 5 heteroatoms. The average Bonchev–Trinajstić information content (AvgIpc) is 3.09. The summed E-state index contributed by atoms with van der Waals surface area (Å²) >= 11 is 0. The fourth-order valence-electron chi connectivity index (χ4n) is 3.80. The van der Waals surface area contributed by atoms with E-state index >= 15 is 0 Å². The highest BCUT2D eigenvalue weighted by Gasteiger charge is 2.21. The number of piperidine rings is 1. The molecule has 140 valence electrons. The van der Waals surface area contributed by atoms with Gasteiger partial charge in [-0.15, -0.1) is 0 Å². The first-order chi connectivity index (χ1) is 12.6. The molecular weight excluding hydrogens is 326 g/mol. The number of rotatable bonds is 7. The number of hydrogen-bond acceptors (Lipinski definition) is 4. The first kappa shape index (κ1) is 18.6. The largest absolute Gasteiger partial charge is 0.441 e. The number of aromatic nitrogens is 1. The Labute approximate surface area is 155 Å². The molecule has 1 aromatic carbocycles. The quantitative estimate of drug-likeness (QED) is 0.827. The summed E-state index contributed by atoms with van der Waals surface area (Å²) in [4.78, 5) is 18.8. The molecule has 2 heterocycles. The predicted octanol–water partition coefficient (Wildman–Crippen LogP) is 3.37. The van der Waals surface area contributed by atoms with Crippen molar-refractivity contribution in [1.82, 2.24) is 15.2 Å². The molecule has 2 aromatic rings. The van der Waals surface area contributed by atoms with E-state index in [4.69, 9.17) is 4.42 Å². The number of benzene rings is 1. The zero-order valence-corrected chi connectivity index (χ0v) is 15.8. The number of aryl methyl sites for hydroxylation is 1. The van der Waals surface area contributed by atoms with Crippen molar-refractivity contribution in [2.45, 2.75) is 33.1 Å². The van der Waals surface area contributed by atoms with Crippen LogP contribution in [-0.4, -0.2) is 42.0 Å². The van der Waals surface area contributed by atoms with E-state index < -0.39 is 0 Å². The first-order valence-corrected chi connectivity index (χ1v) is 9.59. The summed E-state index contributed by atoms with van der Waals surface area (Å²) in [6, 6.07) is 9.87. The summed E-state index contributed by atoms with van der Waals surface area (Å²) in [7, 11) is 0. The van der Waals surface area contributed by atoms with E-state index in [1.807, 2.05) is 30.3 Å².